The molecule has 2 rings (SSSR count). The molecule has 1 heterocycles. The molecule has 3 heteroatoms. The zero-order chi connectivity index (χ0) is 11.7. The Balaban J connectivity index is 2.49. The van der Waals surface area contributed by atoms with E-state index in [1.165, 1.54) is 21.6 Å². The van der Waals surface area contributed by atoms with E-state index in [1.54, 1.807) is 11.3 Å². The molecular weight excluding hydrogens is 216 g/mol. The predicted octanol–water partition coefficient (Wildman–Crippen LogP) is 3.19. The number of hydrogen-bond acceptors (Lipinski definition) is 3. The minimum absolute atomic E-state index is 0.524. The molecule has 2 N–H and O–H groups in total. The Bertz CT molecular complexity index is 515. The number of rotatable bonds is 2. The van der Waals surface area contributed by atoms with Gasteiger partial charge >= 0.3 is 0 Å². The maximum atomic E-state index is 5.61. The summed E-state index contributed by atoms with van der Waals surface area (Å²) in [5.41, 5.74) is 10.5. The lowest BCUT2D eigenvalue weighted by Gasteiger charge is -2.03. The van der Waals surface area contributed by atoms with Crippen LogP contribution in [0.4, 0.5) is 0 Å². The van der Waals surface area contributed by atoms with Crippen molar-refractivity contribution >= 4 is 11.3 Å². The van der Waals surface area contributed by atoms with Gasteiger partial charge in [-0.2, -0.15) is 0 Å². The van der Waals surface area contributed by atoms with E-state index in [4.69, 9.17) is 5.73 Å². The molecule has 0 aliphatic heterocycles. The van der Waals surface area contributed by atoms with Gasteiger partial charge in [0.25, 0.3) is 0 Å². The summed E-state index contributed by atoms with van der Waals surface area (Å²) >= 11 is 1.68. The van der Waals surface area contributed by atoms with Crippen LogP contribution in [0.1, 0.15) is 21.0 Å². The van der Waals surface area contributed by atoms with Crippen LogP contribution >= 0.6 is 11.3 Å². The van der Waals surface area contributed by atoms with Crippen LogP contribution in [0.15, 0.2) is 18.2 Å². The van der Waals surface area contributed by atoms with E-state index in [0.29, 0.717) is 6.54 Å². The van der Waals surface area contributed by atoms with Crippen LogP contribution in [0.2, 0.25) is 0 Å². The van der Waals surface area contributed by atoms with Gasteiger partial charge in [0.15, 0.2) is 0 Å². The maximum Gasteiger partial charge on any atom is 0.107 e. The number of benzene rings is 1. The van der Waals surface area contributed by atoms with E-state index in [1.807, 2.05) is 0 Å². The van der Waals surface area contributed by atoms with Crippen LogP contribution in [-0.2, 0) is 6.54 Å². The largest absolute Gasteiger partial charge is 0.325 e. The van der Waals surface area contributed by atoms with Crippen molar-refractivity contribution in [1.29, 1.82) is 0 Å². The molecule has 1 aromatic carbocycles. The number of aryl methyl sites for hydroxylation is 3. The lowest BCUT2D eigenvalue weighted by Crippen LogP contribution is -1.94. The van der Waals surface area contributed by atoms with Gasteiger partial charge in [0.1, 0.15) is 5.01 Å². The minimum atomic E-state index is 0.524. The molecule has 0 amide bonds. The average molecular weight is 232 g/mol. The molecule has 0 saturated carbocycles. The van der Waals surface area contributed by atoms with Crippen LogP contribution in [0, 0.1) is 20.8 Å². The zero-order valence-corrected chi connectivity index (χ0v) is 10.7. The van der Waals surface area contributed by atoms with Crippen molar-refractivity contribution in [3.63, 3.8) is 0 Å². The van der Waals surface area contributed by atoms with Gasteiger partial charge in [-0.1, -0.05) is 12.1 Å². The van der Waals surface area contributed by atoms with Crippen LogP contribution in [0.5, 0.6) is 0 Å². The SMILES string of the molecule is Cc1ccc(-c2nc(CN)sc2C)cc1C. The molecule has 0 bridgehead atoms. The highest BCUT2D eigenvalue weighted by atomic mass is 32.1. The smallest absolute Gasteiger partial charge is 0.107 e. The van der Waals surface area contributed by atoms with Gasteiger partial charge in [-0.05, 0) is 38.0 Å². The Morgan fingerprint density at radius 3 is 2.50 bits per heavy atom. The van der Waals surface area contributed by atoms with Gasteiger partial charge in [-0.25, -0.2) is 4.98 Å². The van der Waals surface area contributed by atoms with Crippen LogP contribution in [-0.4, -0.2) is 4.98 Å². The third kappa shape index (κ3) is 2.01. The summed E-state index contributed by atoms with van der Waals surface area (Å²) < 4.78 is 0. The van der Waals surface area contributed by atoms with Crippen LogP contribution in [0.25, 0.3) is 11.3 Å². The van der Waals surface area contributed by atoms with Crippen molar-refractivity contribution in [3.05, 3.63) is 39.2 Å². The summed E-state index contributed by atoms with van der Waals surface area (Å²) in [4.78, 5) is 5.80. The van der Waals surface area contributed by atoms with E-state index in [-0.39, 0.29) is 0 Å². The molecule has 2 aromatic rings. The Morgan fingerprint density at radius 1 is 1.19 bits per heavy atom. The lowest BCUT2D eigenvalue weighted by molar-refractivity contribution is 1.04. The molecule has 0 fully saturated rings. The maximum absolute atomic E-state index is 5.61. The molecule has 0 aliphatic carbocycles. The van der Waals surface area contributed by atoms with E-state index < -0.39 is 0 Å². The Hall–Kier alpha value is -1.19. The normalized spacial score (nSPS) is 10.8. The second-order valence-corrected chi connectivity index (χ2v) is 5.30. The Morgan fingerprint density at radius 2 is 1.94 bits per heavy atom. The molecule has 1 aromatic heterocycles. The molecule has 0 saturated heterocycles. The van der Waals surface area contributed by atoms with E-state index in [2.05, 4.69) is 44.0 Å². The number of nitrogens with two attached hydrogens (primary N) is 1. The van der Waals surface area contributed by atoms with Gasteiger partial charge in [-0.15, -0.1) is 11.3 Å². The predicted molar refractivity (Wildman–Crippen MR) is 69.7 cm³/mol. The van der Waals surface area contributed by atoms with Gasteiger partial charge < -0.3 is 5.73 Å². The first kappa shape index (κ1) is 11.3. The van der Waals surface area contributed by atoms with E-state index in [9.17, 15) is 0 Å². The van der Waals surface area contributed by atoms with Crippen molar-refractivity contribution in [3.8, 4) is 11.3 Å². The molecule has 0 spiro atoms. The topological polar surface area (TPSA) is 38.9 Å². The number of hydrogen-bond donors (Lipinski definition) is 1. The van der Waals surface area contributed by atoms with Gasteiger partial charge in [0.2, 0.25) is 0 Å². The number of nitrogens with zero attached hydrogens (tertiary/aromatic N) is 1. The third-order valence-corrected chi connectivity index (χ3v) is 3.79. The molecule has 0 unspecified atom stereocenters. The van der Waals surface area contributed by atoms with Gasteiger partial charge in [0, 0.05) is 17.0 Å². The molecule has 0 radical (unpaired) electrons. The fourth-order valence-electron chi connectivity index (χ4n) is 1.70. The molecule has 2 nitrogen and oxygen atoms in total. The third-order valence-electron chi connectivity index (χ3n) is 2.80. The van der Waals surface area contributed by atoms with Crippen molar-refractivity contribution in [2.45, 2.75) is 27.3 Å². The zero-order valence-electron chi connectivity index (χ0n) is 9.87. The Kier molecular flexibility index (Phi) is 3.08. The summed E-state index contributed by atoms with van der Waals surface area (Å²) in [6.45, 7) is 6.88. The highest BCUT2D eigenvalue weighted by Crippen LogP contribution is 2.28. The molecule has 84 valence electrons. The summed E-state index contributed by atoms with van der Waals surface area (Å²) in [5.74, 6) is 0. The highest BCUT2D eigenvalue weighted by molar-refractivity contribution is 7.12. The molecular formula is C13H16N2S. The van der Waals surface area contributed by atoms with Gasteiger partial charge in [-0.3, -0.25) is 0 Å². The first-order valence-corrected chi connectivity index (χ1v) is 6.17. The highest BCUT2D eigenvalue weighted by Gasteiger charge is 2.09. The second-order valence-electron chi connectivity index (χ2n) is 4.02. The van der Waals surface area contributed by atoms with Gasteiger partial charge in [0.05, 0.1) is 5.69 Å². The number of aromatic nitrogens is 1. The number of thiazole rings is 1. The fraction of sp³-hybridized carbons (Fsp3) is 0.308. The minimum Gasteiger partial charge on any atom is -0.325 e. The van der Waals surface area contributed by atoms with E-state index in [0.717, 1.165) is 10.7 Å². The molecule has 0 aliphatic rings. The first-order chi connectivity index (χ1) is 7.61. The summed E-state index contributed by atoms with van der Waals surface area (Å²) in [7, 11) is 0. The Labute approximate surface area is 100 Å². The summed E-state index contributed by atoms with van der Waals surface area (Å²) in [6.07, 6.45) is 0. The van der Waals surface area contributed by atoms with E-state index >= 15 is 0 Å². The average Bonchev–Trinajstić information content (AvgIpc) is 2.64. The van der Waals surface area contributed by atoms with Crippen molar-refractivity contribution in [1.82, 2.24) is 4.98 Å². The summed E-state index contributed by atoms with van der Waals surface area (Å²) in [5, 5.41) is 1.01. The fourth-order valence-corrected chi connectivity index (χ4v) is 2.53. The van der Waals surface area contributed by atoms with Crippen molar-refractivity contribution in [2.24, 2.45) is 5.73 Å². The first-order valence-electron chi connectivity index (χ1n) is 5.36. The van der Waals surface area contributed by atoms with Crippen LogP contribution < -0.4 is 5.73 Å². The monoisotopic (exact) mass is 232 g/mol. The van der Waals surface area contributed by atoms with Crippen molar-refractivity contribution < 1.29 is 0 Å². The second kappa shape index (κ2) is 4.36. The lowest BCUT2D eigenvalue weighted by atomic mass is 10.0. The van der Waals surface area contributed by atoms with Crippen molar-refractivity contribution in [2.75, 3.05) is 0 Å². The summed E-state index contributed by atoms with van der Waals surface area (Å²) in [6, 6.07) is 6.47. The molecule has 0 atom stereocenters. The standard InChI is InChI=1S/C13H16N2S/c1-8-4-5-11(6-9(8)2)13-10(3)16-12(7-14)15-13/h4-6H,7,14H2,1-3H3. The molecule has 16 heavy (non-hydrogen) atoms. The quantitative estimate of drug-likeness (QED) is 0.863. The van der Waals surface area contributed by atoms with Crippen LogP contribution in [0.3, 0.4) is 0 Å².